The molecule has 5 nitrogen and oxygen atoms in total. The van der Waals surface area contributed by atoms with Crippen molar-refractivity contribution in [3.8, 4) is 11.8 Å². The van der Waals surface area contributed by atoms with Crippen LogP contribution in [0.2, 0.25) is 0 Å². The number of nitriles is 1. The predicted molar refractivity (Wildman–Crippen MR) is 104 cm³/mol. The summed E-state index contributed by atoms with van der Waals surface area (Å²) in [6.45, 7) is 0.0379. The van der Waals surface area contributed by atoms with Gasteiger partial charge in [-0.25, -0.2) is 4.39 Å². The van der Waals surface area contributed by atoms with Crippen molar-refractivity contribution in [1.29, 1.82) is 5.26 Å². The van der Waals surface area contributed by atoms with Crippen LogP contribution in [0.15, 0.2) is 72.8 Å². The van der Waals surface area contributed by atoms with Crippen molar-refractivity contribution in [1.82, 2.24) is 0 Å². The second-order valence-electron chi connectivity index (χ2n) is 5.90. The minimum Gasteiger partial charge on any atom is -0.488 e. The number of allylic oxidation sites excluding steroid dienone is 1. The number of halogens is 1. The van der Waals surface area contributed by atoms with Crippen LogP contribution in [0.3, 0.4) is 0 Å². The highest BCUT2D eigenvalue weighted by atomic mass is 19.1. The van der Waals surface area contributed by atoms with E-state index in [2.05, 4.69) is 6.07 Å². The number of hydrogen-bond donors (Lipinski definition) is 0. The number of nitro benzene ring substituents is 1. The molecule has 0 aliphatic rings. The Hall–Kier alpha value is -3.98. The standard InChI is InChI=1S/C22H15FN2O3/c23-21-10-3-1-7-18(21)15-28-22-11-4-2-6-17(22)12-19(14-24)16-8-5-9-20(13-16)25(26)27/h1-13H,15H2. The van der Waals surface area contributed by atoms with Crippen molar-refractivity contribution in [3.05, 3.63) is 105 Å². The molecule has 3 aromatic carbocycles. The van der Waals surface area contributed by atoms with Gasteiger partial charge in [0.05, 0.1) is 16.6 Å². The normalized spacial score (nSPS) is 10.9. The Morgan fingerprint density at radius 2 is 1.86 bits per heavy atom. The molecule has 0 atom stereocenters. The summed E-state index contributed by atoms with van der Waals surface area (Å²) in [4.78, 5) is 10.5. The lowest BCUT2D eigenvalue weighted by Crippen LogP contribution is -1.99. The Labute approximate surface area is 161 Å². The number of nitrogens with zero attached hydrogens (tertiary/aromatic N) is 2. The third-order valence-electron chi connectivity index (χ3n) is 4.05. The quantitative estimate of drug-likeness (QED) is 0.251. The minimum absolute atomic E-state index is 0.0379. The topological polar surface area (TPSA) is 76.2 Å². The third-order valence-corrected chi connectivity index (χ3v) is 4.05. The molecule has 0 saturated heterocycles. The summed E-state index contributed by atoms with van der Waals surface area (Å²) in [6, 6.07) is 21.3. The van der Waals surface area contributed by atoms with E-state index in [0.717, 1.165) is 0 Å². The summed E-state index contributed by atoms with van der Waals surface area (Å²) >= 11 is 0. The zero-order valence-corrected chi connectivity index (χ0v) is 14.7. The van der Waals surface area contributed by atoms with Gasteiger partial charge in [0.2, 0.25) is 0 Å². The summed E-state index contributed by atoms with van der Waals surface area (Å²) in [7, 11) is 0. The van der Waals surface area contributed by atoms with E-state index in [1.807, 2.05) is 0 Å². The minimum atomic E-state index is -0.510. The van der Waals surface area contributed by atoms with E-state index in [1.54, 1.807) is 54.6 Å². The number of nitro groups is 1. The molecule has 3 aromatic rings. The summed E-state index contributed by atoms with van der Waals surface area (Å²) in [5, 5.41) is 20.5. The van der Waals surface area contributed by atoms with Gasteiger partial charge in [-0.05, 0) is 23.8 Å². The summed E-state index contributed by atoms with van der Waals surface area (Å²) in [5.74, 6) is 0.119. The Morgan fingerprint density at radius 3 is 2.61 bits per heavy atom. The average Bonchev–Trinajstić information content (AvgIpc) is 2.72. The van der Waals surface area contributed by atoms with Crippen LogP contribution in [0.1, 0.15) is 16.7 Å². The second kappa shape index (κ2) is 8.60. The molecule has 3 rings (SSSR count). The molecule has 0 amide bonds. The van der Waals surface area contributed by atoms with Crippen molar-refractivity contribution in [3.63, 3.8) is 0 Å². The van der Waals surface area contributed by atoms with Gasteiger partial charge < -0.3 is 4.74 Å². The highest BCUT2D eigenvalue weighted by Gasteiger charge is 2.10. The van der Waals surface area contributed by atoms with Gasteiger partial charge in [0.25, 0.3) is 5.69 Å². The van der Waals surface area contributed by atoms with Crippen molar-refractivity contribution in [2.45, 2.75) is 6.61 Å². The van der Waals surface area contributed by atoms with Crippen molar-refractivity contribution in [2.24, 2.45) is 0 Å². The van der Waals surface area contributed by atoms with E-state index in [9.17, 15) is 19.8 Å². The maximum absolute atomic E-state index is 13.8. The second-order valence-corrected chi connectivity index (χ2v) is 5.90. The number of benzene rings is 3. The Bertz CT molecular complexity index is 1090. The lowest BCUT2D eigenvalue weighted by molar-refractivity contribution is -0.384. The van der Waals surface area contributed by atoms with Crippen LogP contribution in [0.4, 0.5) is 10.1 Å². The highest BCUT2D eigenvalue weighted by molar-refractivity contribution is 5.91. The number of para-hydroxylation sites is 1. The van der Waals surface area contributed by atoms with E-state index < -0.39 is 4.92 Å². The SMILES string of the molecule is N#CC(=Cc1ccccc1OCc1ccccc1F)c1cccc([N+](=O)[O-])c1. The summed E-state index contributed by atoms with van der Waals surface area (Å²) in [6.07, 6.45) is 1.59. The summed E-state index contributed by atoms with van der Waals surface area (Å²) in [5.41, 5.74) is 1.62. The number of rotatable bonds is 6. The molecule has 0 fully saturated rings. The number of hydrogen-bond acceptors (Lipinski definition) is 4. The molecule has 0 bridgehead atoms. The van der Waals surface area contributed by atoms with Gasteiger partial charge in [0, 0.05) is 23.3 Å². The number of ether oxygens (including phenoxy) is 1. The lowest BCUT2D eigenvalue weighted by atomic mass is 10.0. The summed E-state index contributed by atoms with van der Waals surface area (Å²) < 4.78 is 19.5. The van der Waals surface area contributed by atoms with Crippen LogP contribution in [0.5, 0.6) is 5.75 Å². The number of non-ortho nitro benzene ring substituents is 1. The van der Waals surface area contributed by atoms with Crippen LogP contribution >= 0.6 is 0 Å². The van der Waals surface area contributed by atoms with E-state index in [4.69, 9.17) is 4.74 Å². The van der Waals surface area contributed by atoms with Crippen LogP contribution in [0, 0.1) is 27.3 Å². The first kappa shape index (κ1) is 18.8. The van der Waals surface area contributed by atoms with Gasteiger partial charge in [-0.1, -0.05) is 48.5 Å². The van der Waals surface area contributed by atoms with E-state index >= 15 is 0 Å². The van der Waals surface area contributed by atoms with Crippen LogP contribution < -0.4 is 4.74 Å². The molecule has 0 N–H and O–H groups in total. The molecule has 0 radical (unpaired) electrons. The van der Waals surface area contributed by atoms with Gasteiger partial charge in [0.1, 0.15) is 18.2 Å². The Morgan fingerprint density at radius 1 is 1.11 bits per heavy atom. The maximum atomic E-state index is 13.8. The molecule has 0 aliphatic carbocycles. The van der Waals surface area contributed by atoms with E-state index in [1.165, 1.54) is 24.3 Å². The molecule has 0 aliphatic heterocycles. The largest absolute Gasteiger partial charge is 0.488 e. The van der Waals surface area contributed by atoms with Crippen LogP contribution in [0.25, 0.3) is 11.6 Å². The van der Waals surface area contributed by atoms with Crippen LogP contribution in [-0.4, -0.2) is 4.92 Å². The zero-order valence-electron chi connectivity index (χ0n) is 14.7. The molecule has 28 heavy (non-hydrogen) atoms. The molecule has 0 unspecified atom stereocenters. The van der Waals surface area contributed by atoms with Crippen molar-refractivity contribution < 1.29 is 14.1 Å². The first-order valence-corrected chi connectivity index (χ1v) is 8.40. The molecule has 138 valence electrons. The van der Waals surface area contributed by atoms with Gasteiger partial charge in [-0.2, -0.15) is 5.26 Å². The molecule has 0 aromatic heterocycles. The fourth-order valence-electron chi connectivity index (χ4n) is 2.62. The molecule has 0 saturated carbocycles. The lowest BCUT2D eigenvalue weighted by Gasteiger charge is -2.10. The molecule has 0 heterocycles. The molecule has 6 heteroatoms. The van der Waals surface area contributed by atoms with Gasteiger partial charge in [-0.3, -0.25) is 10.1 Å². The van der Waals surface area contributed by atoms with Crippen molar-refractivity contribution >= 4 is 17.3 Å². The van der Waals surface area contributed by atoms with Gasteiger partial charge in [0.15, 0.2) is 0 Å². The van der Waals surface area contributed by atoms with Crippen molar-refractivity contribution in [2.75, 3.05) is 0 Å². The average molecular weight is 374 g/mol. The maximum Gasteiger partial charge on any atom is 0.270 e. The van der Waals surface area contributed by atoms with E-state index in [-0.39, 0.29) is 23.7 Å². The van der Waals surface area contributed by atoms with Gasteiger partial charge >= 0.3 is 0 Å². The van der Waals surface area contributed by atoms with Gasteiger partial charge in [-0.15, -0.1) is 0 Å². The highest BCUT2D eigenvalue weighted by Crippen LogP contribution is 2.27. The van der Waals surface area contributed by atoms with Crippen LogP contribution in [-0.2, 0) is 6.61 Å². The first-order chi connectivity index (χ1) is 13.6. The molecular weight excluding hydrogens is 359 g/mol. The first-order valence-electron chi connectivity index (χ1n) is 8.40. The fourth-order valence-corrected chi connectivity index (χ4v) is 2.62. The monoisotopic (exact) mass is 374 g/mol. The van der Waals surface area contributed by atoms with E-state index in [0.29, 0.717) is 22.4 Å². The molecule has 0 spiro atoms. The Kier molecular flexibility index (Phi) is 5.78. The fraction of sp³-hybridized carbons (Fsp3) is 0.0455. The zero-order chi connectivity index (χ0) is 19.9. The third kappa shape index (κ3) is 4.40. The predicted octanol–water partition coefficient (Wildman–Crippen LogP) is 5.38. The Balaban J connectivity index is 1.91. The smallest absolute Gasteiger partial charge is 0.270 e. The molecular formula is C22H15FN2O3.